The van der Waals surface area contributed by atoms with E-state index in [1.54, 1.807) is 6.07 Å². The lowest BCUT2D eigenvalue weighted by Gasteiger charge is -2.28. The third-order valence-electron chi connectivity index (χ3n) is 5.25. The number of amides is 1. The predicted molar refractivity (Wildman–Crippen MR) is 99.2 cm³/mol. The highest BCUT2D eigenvalue weighted by atomic mass is 16.5. The van der Waals surface area contributed by atoms with Gasteiger partial charge in [-0.3, -0.25) is 4.79 Å². The van der Waals surface area contributed by atoms with Gasteiger partial charge in [-0.1, -0.05) is 24.3 Å². The van der Waals surface area contributed by atoms with Crippen molar-refractivity contribution in [2.24, 2.45) is 0 Å². The van der Waals surface area contributed by atoms with Gasteiger partial charge in [-0.15, -0.1) is 0 Å². The second-order valence-electron chi connectivity index (χ2n) is 7.00. The van der Waals surface area contributed by atoms with Crippen LogP contribution in [0, 0.1) is 0 Å². The van der Waals surface area contributed by atoms with E-state index in [1.807, 2.05) is 36.4 Å². The van der Waals surface area contributed by atoms with Crippen LogP contribution in [0.2, 0.25) is 0 Å². The number of hydrogen-bond donors (Lipinski definition) is 3. The summed E-state index contributed by atoms with van der Waals surface area (Å²) in [6.45, 7) is 0.879. The molecule has 2 unspecified atom stereocenters. The lowest BCUT2D eigenvalue weighted by molar-refractivity contribution is -0.121. The molecule has 0 saturated heterocycles. The van der Waals surface area contributed by atoms with Crippen LogP contribution >= 0.6 is 0 Å². The summed E-state index contributed by atoms with van der Waals surface area (Å²) in [6.07, 6.45) is 3.87. The molecular formula is C21H24N2O3. The van der Waals surface area contributed by atoms with Gasteiger partial charge in [0.1, 0.15) is 11.5 Å². The van der Waals surface area contributed by atoms with Gasteiger partial charge in [-0.25, -0.2) is 0 Å². The highest BCUT2D eigenvalue weighted by Gasteiger charge is 2.24. The van der Waals surface area contributed by atoms with Gasteiger partial charge in [-0.2, -0.15) is 0 Å². The van der Waals surface area contributed by atoms with Gasteiger partial charge in [0.2, 0.25) is 5.91 Å². The Balaban J connectivity index is 1.38. The maximum absolute atomic E-state index is 12.5. The minimum absolute atomic E-state index is 0.00284. The molecule has 1 amide bonds. The number of phenols is 1. The summed E-state index contributed by atoms with van der Waals surface area (Å²) in [6, 6.07) is 13.5. The first-order chi connectivity index (χ1) is 12.7. The van der Waals surface area contributed by atoms with Crippen LogP contribution < -0.4 is 15.4 Å². The Hall–Kier alpha value is -2.53. The number of hydrogen-bond acceptors (Lipinski definition) is 4. The average molecular weight is 352 g/mol. The van der Waals surface area contributed by atoms with Crippen molar-refractivity contribution in [1.82, 2.24) is 10.6 Å². The second kappa shape index (κ2) is 7.38. The Labute approximate surface area is 153 Å². The molecule has 0 radical (unpaired) electrons. The van der Waals surface area contributed by atoms with E-state index in [4.69, 9.17) is 4.74 Å². The van der Waals surface area contributed by atoms with Crippen molar-refractivity contribution in [2.45, 2.75) is 37.8 Å². The molecule has 3 N–H and O–H groups in total. The Morgan fingerprint density at radius 1 is 1.12 bits per heavy atom. The highest BCUT2D eigenvalue weighted by molar-refractivity contribution is 5.78. The molecule has 0 fully saturated rings. The fraction of sp³-hybridized carbons (Fsp3) is 0.381. The van der Waals surface area contributed by atoms with E-state index in [2.05, 4.69) is 10.6 Å². The summed E-state index contributed by atoms with van der Waals surface area (Å²) in [7, 11) is 0. The van der Waals surface area contributed by atoms with Crippen molar-refractivity contribution in [2.75, 3.05) is 13.2 Å². The molecule has 26 heavy (non-hydrogen) atoms. The smallest absolute Gasteiger partial charge is 0.234 e. The third-order valence-corrected chi connectivity index (χ3v) is 5.25. The van der Waals surface area contributed by atoms with Gasteiger partial charge in [0.15, 0.2) is 0 Å². The lowest BCUT2D eigenvalue weighted by atomic mass is 9.87. The minimum Gasteiger partial charge on any atom is -0.508 e. The molecule has 2 aromatic carbocycles. The number of nitrogens with one attached hydrogen (secondary N) is 2. The van der Waals surface area contributed by atoms with E-state index in [0.29, 0.717) is 6.61 Å². The highest BCUT2D eigenvalue weighted by Crippen LogP contribution is 2.33. The number of fused-ring (bicyclic) bond motifs is 2. The summed E-state index contributed by atoms with van der Waals surface area (Å²) in [4.78, 5) is 12.5. The molecule has 0 saturated carbocycles. The number of ether oxygens (including phenoxy) is 1. The number of benzene rings is 2. The summed E-state index contributed by atoms with van der Waals surface area (Å²) in [5.74, 6) is 1.12. The topological polar surface area (TPSA) is 70.6 Å². The Bertz CT molecular complexity index is 806. The molecule has 0 spiro atoms. The van der Waals surface area contributed by atoms with E-state index in [-0.39, 0.29) is 30.3 Å². The molecule has 5 heteroatoms. The molecule has 2 atom stereocenters. The SMILES string of the molecule is O=C(CNC1CCCc2ccc(O)cc21)NC1CCOc2ccccc21. The molecule has 4 rings (SSSR count). The fourth-order valence-corrected chi connectivity index (χ4v) is 3.95. The zero-order valence-electron chi connectivity index (χ0n) is 14.7. The number of phenolic OH excluding ortho intramolecular Hbond substituents is 1. The van der Waals surface area contributed by atoms with Crippen molar-refractivity contribution in [3.63, 3.8) is 0 Å². The summed E-state index contributed by atoms with van der Waals surface area (Å²) < 4.78 is 5.65. The van der Waals surface area contributed by atoms with Crippen LogP contribution in [0.25, 0.3) is 0 Å². The van der Waals surface area contributed by atoms with E-state index in [1.165, 1.54) is 5.56 Å². The van der Waals surface area contributed by atoms with E-state index < -0.39 is 0 Å². The molecule has 1 aliphatic carbocycles. The zero-order valence-corrected chi connectivity index (χ0v) is 14.7. The Kier molecular flexibility index (Phi) is 4.80. The number of carbonyl (C=O) groups excluding carboxylic acids is 1. The van der Waals surface area contributed by atoms with Gasteiger partial charge in [0.05, 0.1) is 19.2 Å². The van der Waals surface area contributed by atoms with Gasteiger partial charge in [0, 0.05) is 18.0 Å². The quantitative estimate of drug-likeness (QED) is 0.791. The van der Waals surface area contributed by atoms with Crippen molar-refractivity contribution < 1.29 is 14.6 Å². The molecule has 2 aliphatic rings. The Morgan fingerprint density at radius 2 is 2.00 bits per heavy atom. The zero-order chi connectivity index (χ0) is 17.9. The first-order valence-electron chi connectivity index (χ1n) is 9.27. The number of carbonyl (C=O) groups is 1. The molecule has 136 valence electrons. The second-order valence-corrected chi connectivity index (χ2v) is 7.00. The maximum Gasteiger partial charge on any atom is 0.234 e. The summed E-state index contributed by atoms with van der Waals surface area (Å²) in [5.41, 5.74) is 3.41. The molecular weight excluding hydrogens is 328 g/mol. The first kappa shape index (κ1) is 16.9. The van der Waals surface area contributed by atoms with Crippen LogP contribution in [0.4, 0.5) is 0 Å². The first-order valence-corrected chi connectivity index (χ1v) is 9.27. The van der Waals surface area contributed by atoms with Crippen LogP contribution in [-0.4, -0.2) is 24.2 Å². The Morgan fingerprint density at radius 3 is 2.92 bits per heavy atom. The maximum atomic E-state index is 12.5. The summed E-state index contributed by atoms with van der Waals surface area (Å²) in [5, 5.41) is 16.3. The van der Waals surface area contributed by atoms with Gasteiger partial charge in [0.25, 0.3) is 0 Å². The normalized spacial score (nSPS) is 21.2. The third kappa shape index (κ3) is 3.53. The lowest BCUT2D eigenvalue weighted by Crippen LogP contribution is -2.39. The van der Waals surface area contributed by atoms with Gasteiger partial charge in [-0.05, 0) is 48.6 Å². The van der Waals surface area contributed by atoms with Crippen LogP contribution in [0.15, 0.2) is 42.5 Å². The van der Waals surface area contributed by atoms with Crippen molar-refractivity contribution in [3.8, 4) is 11.5 Å². The van der Waals surface area contributed by atoms with E-state index in [0.717, 1.165) is 42.6 Å². The standard InChI is InChI=1S/C21H24N2O3/c24-15-9-8-14-4-3-6-18(17(14)12-15)22-13-21(25)23-19-10-11-26-20-7-2-1-5-16(19)20/h1-2,5,7-9,12,18-19,22,24H,3-4,6,10-11,13H2,(H,23,25). The average Bonchev–Trinajstić information content (AvgIpc) is 2.66. The molecule has 5 nitrogen and oxygen atoms in total. The summed E-state index contributed by atoms with van der Waals surface area (Å²) >= 11 is 0. The molecule has 1 aliphatic heterocycles. The fourth-order valence-electron chi connectivity index (χ4n) is 3.95. The molecule has 0 aromatic heterocycles. The van der Waals surface area contributed by atoms with Crippen molar-refractivity contribution in [3.05, 3.63) is 59.2 Å². The number of aromatic hydroxyl groups is 1. The largest absolute Gasteiger partial charge is 0.508 e. The number of rotatable bonds is 4. The monoisotopic (exact) mass is 352 g/mol. The van der Waals surface area contributed by atoms with Gasteiger partial charge < -0.3 is 20.5 Å². The van der Waals surface area contributed by atoms with Crippen LogP contribution in [-0.2, 0) is 11.2 Å². The van der Waals surface area contributed by atoms with Crippen LogP contribution in [0.5, 0.6) is 11.5 Å². The van der Waals surface area contributed by atoms with E-state index >= 15 is 0 Å². The molecule has 0 bridgehead atoms. The molecule has 1 heterocycles. The van der Waals surface area contributed by atoms with Gasteiger partial charge >= 0.3 is 0 Å². The van der Waals surface area contributed by atoms with Crippen molar-refractivity contribution in [1.29, 1.82) is 0 Å². The van der Waals surface area contributed by atoms with Crippen molar-refractivity contribution >= 4 is 5.91 Å². The number of aryl methyl sites for hydroxylation is 1. The predicted octanol–water partition coefficient (Wildman–Crippen LogP) is 3.00. The number of para-hydroxylation sites is 1. The van der Waals surface area contributed by atoms with Crippen LogP contribution in [0.3, 0.4) is 0 Å². The van der Waals surface area contributed by atoms with Crippen LogP contribution in [0.1, 0.15) is 48.0 Å². The van der Waals surface area contributed by atoms with E-state index in [9.17, 15) is 9.90 Å². The molecule has 2 aromatic rings. The minimum atomic E-state index is -0.0148.